The van der Waals surface area contributed by atoms with E-state index in [1.54, 1.807) is 12.3 Å². The molecule has 20 heavy (non-hydrogen) atoms. The van der Waals surface area contributed by atoms with E-state index in [-0.39, 0.29) is 0 Å². The van der Waals surface area contributed by atoms with Gasteiger partial charge in [-0.15, -0.1) is 0 Å². The van der Waals surface area contributed by atoms with Crippen molar-refractivity contribution in [1.82, 2.24) is 4.98 Å². The molecule has 0 spiro atoms. The highest BCUT2D eigenvalue weighted by Gasteiger charge is 2.48. The molecule has 0 aliphatic heterocycles. The first-order valence-corrected chi connectivity index (χ1v) is 7.65. The van der Waals surface area contributed by atoms with Gasteiger partial charge in [0.05, 0.1) is 17.4 Å². The number of aromatic nitrogens is 1. The van der Waals surface area contributed by atoms with Crippen molar-refractivity contribution in [2.24, 2.45) is 23.7 Å². The summed E-state index contributed by atoms with van der Waals surface area (Å²) in [5.74, 6) is 4.20. The highest BCUT2D eigenvalue weighted by molar-refractivity contribution is 5.58. The number of pyridine rings is 1. The summed E-state index contributed by atoms with van der Waals surface area (Å²) in [7, 11) is 0. The highest BCUT2D eigenvalue weighted by atomic mass is 15.0. The maximum Gasteiger partial charge on any atom is 0.144 e. The Bertz CT molecular complexity index is 546. The molecular weight excluding hydrogens is 248 g/mol. The Labute approximate surface area is 119 Å². The Morgan fingerprint density at radius 3 is 2.40 bits per heavy atom. The van der Waals surface area contributed by atoms with Gasteiger partial charge in [0.2, 0.25) is 0 Å². The summed E-state index contributed by atoms with van der Waals surface area (Å²) < 4.78 is 0. The van der Waals surface area contributed by atoms with E-state index in [0.717, 1.165) is 29.5 Å². The second kappa shape index (κ2) is 4.37. The van der Waals surface area contributed by atoms with Crippen LogP contribution in [-0.2, 0) is 0 Å². The van der Waals surface area contributed by atoms with Crippen molar-refractivity contribution >= 4 is 11.5 Å². The van der Waals surface area contributed by atoms with Gasteiger partial charge in [0, 0.05) is 6.04 Å². The first-order chi connectivity index (χ1) is 9.72. The fraction of sp³-hybridized carbons (Fsp3) is 0.625. The number of hydrogen-bond acceptors (Lipinski definition) is 4. The Hall–Kier alpha value is -1.76. The van der Waals surface area contributed by atoms with Crippen LogP contribution in [-0.4, -0.2) is 11.0 Å². The molecule has 4 aliphatic rings. The van der Waals surface area contributed by atoms with Gasteiger partial charge in [0.25, 0.3) is 0 Å². The van der Waals surface area contributed by atoms with Crippen molar-refractivity contribution in [2.45, 2.75) is 38.1 Å². The summed E-state index contributed by atoms with van der Waals surface area (Å²) in [4.78, 5) is 4.34. The molecule has 1 aromatic heterocycles. The Morgan fingerprint density at radius 2 is 1.80 bits per heavy atom. The molecule has 0 unspecified atom stereocenters. The molecule has 0 aromatic carbocycles. The molecule has 4 saturated carbocycles. The van der Waals surface area contributed by atoms with Crippen LogP contribution in [0.15, 0.2) is 12.3 Å². The predicted octanol–water partition coefficient (Wildman–Crippen LogP) is 2.77. The van der Waals surface area contributed by atoms with Crippen molar-refractivity contribution in [3.63, 3.8) is 0 Å². The third-order valence-corrected chi connectivity index (χ3v) is 5.56. The largest absolute Gasteiger partial charge is 0.397 e. The Kier molecular flexibility index (Phi) is 2.63. The standard InChI is InChI=1S/C16H20N4/c17-7-13-6-14(18)8-19-16(13)20-15-11-2-9-1-10(4-11)5-12(15)3-9/h6,8-12,15H,1-5,18H2,(H,19,20). The van der Waals surface area contributed by atoms with E-state index in [4.69, 9.17) is 5.73 Å². The van der Waals surface area contributed by atoms with Crippen molar-refractivity contribution in [3.05, 3.63) is 17.8 Å². The zero-order valence-corrected chi connectivity index (χ0v) is 11.5. The predicted molar refractivity (Wildman–Crippen MR) is 77.8 cm³/mol. The van der Waals surface area contributed by atoms with Gasteiger partial charge in [-0.3, -0.25) is 0 Å². The molecule has 4 fully saturated rings. The van der Waals surface area contributed by atoms with E-state index >= 15 is 0 Å². The smallest absolute Gasteiger partial charge is 0.144 e. The zero-order chi connectivity index (χ0) is 13.7. The highest BCUT2D eigenvalue weighted by Crippen LogP contribution is 2.54. The number of nitrogens with zero attached hydrogens (tertiary/aromatic N) is 2. The molecule has 104 valence electrons. The lowest BCUT2D eigenvalue weighted by Crippen LogP contribution is -2.51. The average Bonchev–Trinajstić information content (AvgIpc) is 2.43. The molecule has 4 heteroatoms. The third-order valence-electron chi connectivity index (χ3n) is 5.56. The van der Waals surface area contributed by atoms with E-state index in [1.165, 1.54) is 32.1 Å². The Balaban J connectivity index is 1.59. The number of nitrogens with two attached hydrogens (primary N) is 1. The summed E-state index contributed by atoms with van der Waals surface area (Å²) >= 11 is 0. The van der Waals surface area contributed by atoms with E-state index in [9.17, 15) is 5.26 Å². The van der Waals surface area contributed by atoms with E-state index < -0.39 is 0 Å². The molecule has 0 radical (unpaired) electrons. The van der Waals surface area contributed by atoms with E-state index in [2.05, 4.69) is 16.4 Å². The van der Waals surface area contributed by atoms with Crippen molar-refractivity contribution in [3.8, 4) is 6.07 Å². The van der Waals surface area contributed by atoms with Gasteiger partial charge in [-0.2, -0.15) is 5.26 Å². The topological polar surface area (TPSA) is 74.7 Å². The fourth-order valence-corrected chi connectivity index (χ4v) is 5.00. The summed E-state index contributed by atoms with van der Waals surface area (Å²) in [6.07, 6.45) is 8.55. The molecule has 4 nitrogen and oxygen atoms in total. The molecule has 5 rings (SSSR count). The van der Waals surface area contributed by atoms with Gasteiger partial charge in [-0.1, -0.05) is 0 Å². The van der Waals surface area contributed by atoms with E-state index in [1.807, 2.05) is 0 Å². The van der Waals surface area contributed by atoms with Gasteiger partial charge in [-0.05, 0) is 61.8 Å². The van der Waals surface area contributed by atoms with Gasteiger partial charge in [-0.25, -0.2) is 4.98 Å². The van der Waals surface area contributed by atoms with Gasteiger partial charge < -0.3 is 11.1 Å². The molecule has 3 N–H and O–H groups in total. The van der Waals surface area contributed by atoms with Crippen LogP contribution >= 0.6 is 0 Å². The number of anilines is 2. The first-order valence-electron chi connectivity index (χ1n) is 7.65. The maximum atomic E-state index is 9.24. The summed E-state index contributed by atoms with van der Waals surface area (Å²) in [5.41, 5.74) is 6.83. The van der Waals surface area contributed by atoms with Crippen molar-refractivity contribution in [2.75, 3.05) is 11.1 Å². The second-order valence-electron chi connectivity index (χ2n) is 6.88. The third kappa shape index (κ3) is 1.84. The monoisotopic (exact) mass is 268 g/mol. The molecule has 4 aliphatic carbocycles. The normalized spacial score (nSPS) is 37.6. The molecule has 1 heterocycles. The summed E-state index contributed by atoms with van der Waals surface area (Å²) in [6.45, 7) is 0. The lowest BCUT2D eigenvalue weighted by molar-refractivity contribution is 0.00741. The first kappa shape index (κ1) is 12.0. The van der Waals surface area contributed by atoms with Crippen molar-refractivity contribution < 1.29 is 0 Å². The van der Waals surface area contributed by atoms with Crippen LogP contribution < -0.4 is 11.1 Å². The minimum absolute atomic E-state index is 0.506. The minimum atomic E-state index is 0.506. The van der Waals surface area contributed by atoms with Crippen LogP contribution in [0.2, 0.25) is 0 Å². The number of nitrogens with one attached hydrogen (secondary N) is 1. The van der Waals surface area contributed by atoms with Gasteiger partial charge in [0.1, 0.15) is 11.9 Å². The Morgan fingerprint density at radius 1 is 1.15 bits per heavy atom. The van der Waals surface area contributed by atoms with Crippen LogP contribution in [0.1, 0.15) is 37.7 Å². The SMILES string of the molecule is N#Cc1cc(N)cnc1NC1C2CC3CC(C2)CC1C3. The number of nitriles is 1. The van der Waals surface area contributed by atoms with Gasteiger partial charge in [0.15, 0.2) is 0 Å². The van der Waals surface area contributed by atoms with Crippen LogP contribution in [0, 0.1) is 35.0 Å². The second-order valence-corrected chi connectivity index (χ2v) is 6.88. The number of rotatable bonds is 2. The van der Waals surface area contributed by atoms with Crippen LogP contribution in [0.3, 0.4) is 0 Å². The maximum absolute atomic E-state index is 9.24. The molecular formula is C16H20N4. The lowest BCUT2D eigenvalue weighted by atomic mass is 9.54. The minimum Gasteiger partial charge on any atom is -0.397 e. The van der Waals surface area contributed by atoms with Gasteiger partial charge >= 0.3 is 0 Å². The summed E-state index contributed by atoms with van der Waals surface area (Å²) in [5, 5.41) is 12.8. The van der Waals surface area contributed by atoms with Crippen LogP contribution in [0.25, 0.3) is 0 Å². The number of nitrogen functional groups attached to an aromatic ring is 1. The van der Waals surface area contributed by atoms with E-state index in [0.29, 0.717) is 17.3 Å². The summed E-state index contributed by atoms with van der Waals surface area (Å²) in [6, 6.07) is 4.42. The molecule has 0 amide bonds. The number of hydrogen-bond donors (Lipinski definition) is 2. The molecule has 4 bridgehead atoms. The quantitative estimate of drug-likeness (QED) is 0.865. The molecule has 0 saturated heterocycles. The van der Waals surface area contributed by atoms with Crippen LogP contribution in [0.5, 0.6) is 0 Å². The van der Waals surface area contributed by atoms with Crippen molar-refractivity contribution in [1.29, 1.82) is 5.26 Å². The average molecular weight is 268 g/mol. The van der Waals surface area contributed by atoms with Crippen LogP contribution in [0.4, 0.5) is 11.5 Å². The molecule has 0 atom stereocenters. The fourth-order valence-electron chi connectivity index (χ4n) is 5.00. The zero-order valence-electron chi connectivity index (χ0n) is 11.5. The molecule has 1 aromatic rings. The lowest BCUT2D eigenvalue weighted by Gasteiger charge is -2.54.